The number of nitrogens with one attached hydrogen (secondary N) is 1. The van der Waals surface area contributed by atoms with Crippen molar-refractivity contribution in [2.24, 2.45) is 0 Å². The second kappa shape index (κ2) is 6.85. The van der Waals surface area contributed by atoms with Gasteiger partial charge in [-0.1, -0.05) is 19.4 Å². The third-order valence-electron chi connectivity index (χ3n) is 1.63. The van der Waals surface area contributed by atoms with Gasteiger partial charge in [0.05, 0.1) is 6.61 Å². The van der Waals surface area contributed by atoms with Crippen LogP contribution < -0.4 is 5.32 Å². The molecule has 1 amide bonds. The predicted molar refractivity (Wildman–Crippen MR) is 48.8 cm³/mol. The van der Waals surface area contributed by atoms with Crippen molar-refractivity contribution in [2.75, 3.05) is 13.2 Å². The summed E-state index contributed by atoms with van der Waals surface area (Å²) in [7, 11) is 0. The predicted octanol–water partition coefficient (Wildman–Crippen LogP) is 0.841. The number of unbranched alkanes of at least 4 members (excludes halogenated alkanes) is 1. The Kier molecular flexibility index (Phi) is 6.38. The van der Waals surface area contributed by atoms with Gasteiger partial charge in [-0.3, -0.25) is 4.79 Å². The molecule has 0 unspecified atom stereocenters. The van der Waals surface area contributed by atoms with E-state index in [0.717, 1.165) is 12.8 Å². The molecule has 0 rings (SSSR count). The van der Waals surface area contributed by atoms with Gasteiger partial charge in [-0.25, -0.2) is 0 Å². The summed E-state index contributed by atoms with van der Waals surface area (Å²) in [4.78, 5) is 11.1. The molecular weight excluding hydrogens is 154 g/mol. The van der Waals surface area contributed by atoms with Crippen LogP contribution in [0.4, 0.5) is 0 Å². The molecule has 0 heterocycles. The molecule has 0 aliphatic heterocycles. The largest absolute Gasteiger partial charge is 0.391 e. The molecule has 3 heteroatoms. The summed E-state index contributed by atoms with van der Waals surface area (Å²) in [6.07, 6.45) is 3.67. The van der Waals surface area contributed by atoms with E-state index in [1.807, 2.05) is 0 Å². The first kappa shape index (κ1) is 11.2. The van der Waals surface area contributed by atoms with E-state index in [1.165, 1.54) is 0 Å². The Bertz CT molecular complexity index is 164. The molecule has 0 fully saturated rings. The summed E-state index contributed by atoms with van der Waals surface area (Å²) in [5, 5.41) is 11.4. The number of carbonyl (C=O) groups excluding carboxylic acids is 1. The second-order valence-corrected chi connectivity index (χ2v) is 2.58. The SMILES string of the molecule is CC=C(CO)C(=O)NCCCC. The second-order valence-electron chi connectivity index (χ2n) is 2.58. The number of hydrogen-bond donors (Lipinski definition) is 2. The highest BCUT2D eigenvalue weighted by Gasteiger charge is 2.04. The molecule has 2 N–H and O–H groups in total. The summed E-state index contributed by atoms with van der Waals surface area (Å²) >= 11 is 0. The summed E-state index contributed by atoms with van der Waals surface area (Å²) < 4.78 is 0. The van der Waals surface area contributed by atoms with E-state index in [9.17, 15) is 4.79 Å². The molecule has 0 aromatic carbocycles. The molecule has 0 aromatic rings. The van der Waals surface area contributed by atoms with E-state index in [0.29, 0.717) is 12.1 Å². The van der Waals surface area contributed by atoms with Crippen LogP contribution in [-0.4, -0.2) is 24.2 Å². The van der Waals surface area contributed by atoms with Crippen molar-refractivity contribution >= 4 is 5.91 Å². The molecule has 0 saturated carbocycles. The Balaban J connectivity index is 3.71. The molecule has 0 radical (unpaired) electrons. The summed E-state index contributed by atoms with van der Waals surface area (Å²) in [6, 6.07) is 0. The van der Waals surface area contributed by atoms with Gasteiger partial charge >= 0.3 is 0 Å². The fourth-order valence-corrected chi connectivity index (χ4v) is 0.786. The molecular formula is C9H17NO2. The first-order chi connectivity index (χ1) is 5.76. The van der Waals surface area contributed by atoms with Gasteiger partial charge in [0, 0.05) is 12.1 Å². The van der Waals surface area contributed by atoms with E-state index in [-0.39, 0.29) is 12.5 Å². The Morgan fingerprint density at radius 1 is 1.58 bits per heavy atom. The minimum absolute atomic E-state index is 0.159. The van der Waals surface area contributed by atoms with Crippen LogP contribution >= 0.6 is 0 Å². The number of allylic oxidation sites excluding steroid dienone is 1. The lowest BCUT2D eigenvalue weighted by molar-refractivity contribution is -0.117. The zero-order chi connectivity index (χ0) is 9.40. The highest BCUT2D eigenvalue weighted by atomic mass is 16.3. The number of aliphatic hydroxyl groups is 1. The number of carbonyl (C=O) groups is 1. The van der Waals surface area contributed by atoms with Gasteiger partial charge in [0.1, 0.15) is 0 Å². The monoisotopic (exact) mass is 171 g/mol. The van der Waals surface area contributed by atoms with Crippen molar-refractivity contribution in [1.29, 1.82) is 0 Å². The van der Waals surface area contributed by atoms with Gasteiger partial charge in [0.2, 0.25) is 5.91 Å². The fourth-order valence-electron chi connectivity index (χ4n) is 0.786. The quantitative estimate of drug-likeness (QED) is 0.475. The minimum Gasteiger partial charge on any atom is -0.391 e. The molecule has 0 atom stereocenters. The number of rotatable bonds is 5. The maximum Gasteiger partial charge on any atom is 0.249 e. The Hall–Kier alpha value is -0.830. The molecule has 0 spiro atoms. The summed E-state index contributed by atoms with van der Waals surface area (Å²) in [5.41, 5.74) is 0.436. The number of hydrogen-bond acceptors (Lipinski definition) is 2. The molecule has 0 aliphatic rings. The van der Waals surface area contributed by atoms with Crippen molar-refractivity contribution in [3.63, 3.8) is 0 Å². The van der Waals surface area contributed by atoms with Crippen molar-refractivity contribution in [1.82, 2.24) is 5.32 Å². The smallest absolute Gasteiger partial charge is 0.249 e. The Morgan fingerprint density at radius 2 is 2.25 bits per heavy atom. The Morgan fingerprint density at radius 3 is 2.67 bits per heavy atom. The molecule has 12 heavy (non-hydrogen) atoms. The maximum atomic E-state index is 11.1. The van der Waals surface area contributed by atoms with Gasteiger partial charge in [-0.15, -0.1) is 0 Å². The van der Waals surface area contributed by atoms with Crippen molar-refractivity contribution in [2.45, 2.75) is 26.7 Å². The van der Waals surface area contributed by atoms with Crippen LogP contribution in [0.1, 0.15) is 26.7 Å². The molecule has 0 aliphatic carbocycles. The lowest BCUT2D eigenvalue weighted by Gasteiger charge is -2.04. The first-order valence-electron chi connectivity index (χ1n) is 4.30. The van der Waals surface area contributed by atoms with Crippen LogP contribution in [-0.2, 0) is 4.79 Å². The zero-order valence-electron chi connectivity index (χ0n) is 7.76. The van der Waals surface area contributed by atoms with Gasteiger partial charge < -0.3 is 10.4 Å². The van der Waals surface area contributed by atoms with Crippen LogP contribution in [0.25, 0.3) is 0 Å². The van der Waals surface area contributed by atoms with Gasteiger partial charge in [0.15, 0.2) is 0 Å². The lowest BCUT2D eigenvalue weighted by Crippen LogP contribution is -2.27. The fraction of sp³-hybridized carbons (Fsp3) is 0.667. The van der Waals surface area contributed by atoms with Crippen molar-refractivity contribution in [3.05, 3.63) is 11.6 Å². The Labute approximate surface area is 73.5 Å². The van der Waals surface area contributed by atoms with E-state index in [1.54, 1.807) is 13.0 Å². The highest BCUT2D eigenvalue weighted by Crippen LogP contribution is 1.92. The van der Waals surface area contributed by atoms with Crippen molar-refractivity contribution < 1.29 is 9.90 Å². The average Bonchev–Trinajstić information content (AvgIpc) is 2.07. The summed E-state index contributed by atoms with van der Waals surface area (Å²) in [6.45, 7) is 4.31. The molecule has 0 aromatic heterocycles. The van der Waals surface area contributed by atoms with Crippen LogP contribution in [0, 0.1) is 0 Å². The topological polar surface area (TPSA) is 49.3 Å². The number of aliphatic hydroxyl groups excluding tert-OH is 1. The van der Waals surface area contributed by atoms with E-state index in [4.69, 9.17) is 5.11 Å². The standard InChI is InChI=1S/C9H17NO2/c1-3-5-6-10-9(12)8(4-2)7-11/h4,11H,3,5-7H2,1-2H3,(H,10,12). The van der Waals surface area contributed by atoms with Gasteiger partial charge in [-0.05, 0) is 13.3 Å². The lowest BCUT2D eigenvalue weighted by atomic mass is 10.2. The third-order valence-corrected chi connectivity index (χ3v) is 1.63. The first-order valence-corrected chi connectivity index (χ1v) is 4.30. The minimum atomic E-state index is -0.186. The van der Waals surface area contributed by atoms with Crippen molar-refractivity contribution in [3.8, 4) is 0 Å². The number of amides is 1. The maximum absolute atomic E-state index is 11.1. The van der Waals surface area contributed by atoms with E-state index in [2.05, 4.69) is 12.2 Å². The van der Waals surface area contributed by atoms with Gasteiger partial charge in [0.25, 0.3) is 0 Å². The molecule has 0 bridgehead atoms. The van der Waals surface area contributed by atoms with E-state index < -0.39 is 0 Å². The highest BCUT2D eigenvalue weighted by molar-refractivity contribution is 5.93. The average molecular weight is 171 g/mol. The third kappa shape index (κ3) is 4.13. The zero-order valence-corrected chi connectivity index (χ0v) is 7.76. The van der Waals surface area contributed by atoms with Crippen LogP contribution in [0.15, 0.2) is 11.6 Å². The van der Waals surface area contributed by atoms with Gasteiger partial charge in [-0.2, -0.15) is 0 Å². The van der Waals surface area contributed by atoms with Crippen LogP contribution in [0.5, 0.6) is 0 Å². The van der Waals surface area contributed by atoms with Crippen LogP contribution in [0.2, 0.25) is 0 Å². The normalized spacial score (nSPS) is 11.4. The van der Waals surface area contributed by atoms with Crippen LogP contribution in [0.3, 0.4) is 0 Å². The molecule has 70 valence electrons. The van der Waals surface area contributed by atoms with E-state index >= 15 is 0 Å². The molecule has 0 saturated heterocycles. The summed E-state index contributed by atoms with van der Waals surface area (Å²) in [5.74, 6) is -0.159. The molecule has 3 nitrogen and oxygen atoms in total.